The van der Waals surface area contributed by atoms with Crippen molar-refractivity contribution in [1.82, 2.24) is 9.80 Å². The first-order valence-corrected chi connectivity index (χ1v) is 8.94. The standard InChI is InChI=1S/C19H27FN2O5/c1-13-12-22(18(25)27-19(2,3)4)8-7-21(13)9-10-26-16-6-5-14(17(23)24)11-15(16)20/h5-6,11,13H,7-10,12H2,1-4H3,(H,23,24)/t13-/m0/s1. The Bertz CT molecular complexity index is 689. The van der Waals surface area contributed by atoms with Gasteiger partial charge >= 0.3 is 12.1 Å². The zero-order valence-corrected chi connectivity index (χ0v) is 16.2. The molecule has 1 aliphatic heterocycles. The minimum Gasteiger partial charge on any atom is -0.489 e. The molecule has 2 rings (SSSR count). The second-order valence-electron chi connectivity index (χ2n) is 7.61. The first-order chi connectivity index (χ1) is 12.6. The van der Waals surface area contributed by atoms with Crippen LogP contribution in [-0.4, -0.2) is 71.4 Å². The maximum absolute atomic E-state index is 13.9. The maximum Gasteiger partial charge on any atom is 0.410 e. The fourth-order valence-electron chi connectivity index (χ4n) is 2.84. The Morgan fingerprint density at radius 3 is 2.56 bits per heavy atom. The van der Waals surface area contributed by atoms with E-state index in [9.17, 15) is 14.0 Å². The van der Waals surface area contributed by atoms with Crippen molar-refractivity contribution < 1.29 is 28.6 Å². The third kappa shape index (κ3) is 6.09. The molecule has 1 N–H and O–H groups in total. The van der Waals surface area contributed by atoms with Crippen LogP contribution in [0.15, 0.2) is 18.2 Å². The summed E-state index contributed by atoms with van der Waals surface area (Å²) in [7, 11) is 0. The third-order valence-electron chi connectivity index (χ3n) is 4.23. The highest BCUT2D eigenvalue weighted by Gasteiger charge is 2.29. The van der Waals surface area contributed by atoms with Gasteiger partial charge in [-0.3, -0.25) is 4.90 Å². The molecular weight excluding hydrogens is 355 g/mol. The molecule has 0 saturated carbocycles. The van der Waals surface area contributed by atoms with Crippen LogP contribution in [0.5, 0.6) is 5.75 Å². The summed E-state index contributed by atoms with van der Waals surface area (Å²) >= 11 is 0. The molecule has 0 radical (unpaired) electrons. The summed E-state index contributed by atoms with van der Waals surface area (Å²) in [6, 6.07) is 3.69. The van der Waals surface area contributed by atoms with Crippen molar-refractivity contribution in [3.8, 4) is 5.75 Å². The highest BCUT2D eigenvalue weighted by Crippen LogP contribution is 2.19. The molecule has 1 aliphatic rings. The molecule has 0 spiro atoms. The number of amides is 1. The van der Waals surface area contributed by atoms with Gasteiger partial charge in [-0.1, -0.05) is 0 Å². The van der Waals surface area contributed by atoms with Crippen LogP contribution in [0, 0.1) is 5.82 Å². The Balaban J connectivity index is 1.81. The van der Waals surface area contributed by atoms with Gasteiger partial charge in [0.1, 0.15) is 12.2 Å². The van der Waals surface area contributed by atoms with Gasteiger partial charge in [0, 0.05) is 32.2 Å². The number of halogens is 1. The van der Waals surface area contributed by atoms with E-state index in [1.165, 1.54) is 12.1 Å². The van der Waals surface area contributed by atoms with Gasteiger partial charge in [-0.25, -0.2) is 14.0 Å². The molecular formula is C19H27FN2O5. The lowest BCUT2D eigenvalue weighted by Gasteiger charge is -2.40. The maximum atomic E-state index is 13.9. The van der Waals surface area contributed by atoms with Gasteiger partial charge in [-0.15, -0.1) is 0 Å². The summed E-state index contributed by atoms with van der Waals surface area (Å²) in [5, 5.41) is 8.85. The molecule has 7 nitrogen and oxygen atoms in total. The van der Waals surface area contributed by atoms with Crippen molar-refractivity contribution in [3.05, 3.63) is 29.6 Å². The van der Waals surface area contributed by atoms with Gasteiger partial charge < -0.3 is 19.5 Å². The van der Waals surface area contributed by atoms with E-state index in [1.807, 2.05) is 27.7 Å². The molecule has 150 valence electrons. The molecule has 1 heterocycles. The quantitative estimate of drug-likeness (QED) is 0.844. The zero-order valence-electron chi connectivity index (χ0n) is 16.2. The number of aromatic carboxylic acids is 1. The van der Waals surface area contributed by atoms with Gasteiger partial charge in [-0.05, 0) is 45.9 Å². The van der Waals surface area contributed by atoms with Crippen molar-refractivity contribution >= 4 is 12.1 Å². The van der Waals surface area contributed by atoms with Crippen LogP contribution in [0.3, 0.4) is 0 Å². The van der Waals surface area contributed by atoms with E-state index in [4.69, 9.17) is 14.6 Å². The lowest BCUT2D eigenvalue weighted by Crippen LogP contribution is -2.55. The lowest BCUT2D eigenvalue weighted by molar-refractivity contribution is 0.00423. The summed E-state index contributed by atoms with van der Waals surface area (Å²) < 4.78 is 24.7. The molecule has 1 amide bonds. The minimum absolute atomic E-state index is 0.0278. The van der Waals surface area contributed by atoms with Crippen molar-refractivity contribution in [2.45, 2.75) is 39.3 Å². The molecule has 1 aromatic rings. The smallest absolute Gasteiger partial charge is 0.410 e. The number of piperazine rings is 1. The van der Waals surface area contributed by atoms with Crippen molar-refractivity contribution in [2.75, 3.05) is 32.8 Å². The van der Waals surface area contributed by atoms with Crippen LogP contribution in [0.1, 0.15) is 38.1 Å². The van der Waals surface area contributed by atoms with Crippen LogP contribution >= 0.6 is 0 Å². The highest BCUT2D eigenvalue weighted by molar-refractivity contribution is 5.87. The molecule has 0 aliphatic carbocycles. The Hall–Kier alpha value is -2.35. The second kappa shape index (κ2) is 8.56. The number of benzene rings is 1. The third-order valence-corrected chi connectivity index (χ3v) is 4.23. The fourth-order valence-corrected chi connectivity index (χ4v) is 2.84. The van der Waals surface area contributed by atoms with Crippen LogP contribution in [0.25, 0.3) is 0 Å². The number of carboxylic acid groups (broad SMARTS) is 1. The zero-order chi connectivity index (χ0) is 20.2. The van der Waals surface area contributed by atoms with E-state index in [-0.39, 0.29) is 30.1 Å². The molecule has 1 saturated heterocycles. The number of nitrogens with zero attached hydrogens (tertiary/aromatic N) is 2. The Kier molecular flexibility index (Phi) is 6.64. The average Bonchev–Trinajstić information content (AvgIpc) is 2.55. The number of carbonyl (C=O) groups is 2. The Morgan fingerprint density at radius 2 is 2.00 bits per heavy atom. The molecule has 1 fully saturated rings. The van der Waals surface area contributed by atoms with E-state index in [2.05, 4.69) is 4.90 Å². The molecule has 0 unspecified atom stereocenters. The van der Waals surface area contributed by atoms with Crippen molar-refractivity contribution in [1.29, 1.82) is 0 Å². The van der Waals surface area contributed by atoms with E-state index in [0.717, 1.165) is 6.07 Å². The van der Waals surface area contributed by atoms with Gasteiger partial charge in [-0.2, -0.15) is 0 Å². The summed E-state index contributed by atoms with van der Waals surface area (Å²) in [4.78, 5) is 26.8. The molecule has 0 aromatic heterocycles. The predicted octanol–water partition coefficient (Wildman–Crippen LogP) is 2.84. The monoisotopic (exact) mass is 382 g/mol. The molecule has 1 aromatic carbocycles. The number of carbonyl (C=O) groups excluding carboxylic acids is 1. The van der Waals surface area contributed by atoms with Crippen LogP contribution < -0.4 is 4.74 Å². The highest BCUT2D eigenvalue weighted by atomic mass is 19.1. The largest absolute Gasteiger partial charge is 0.489 e. The van der Waals surface area contributed by atoms with Crippen LogP contribution in [-0.2, 0) is 4.74 Å². The fraction of sp³-hybridized carbons (Fsp3) is 0.579. The number of ether oxygens (including phenoxy) is 2. The SMILES string of the molecule is C[C@H]1CN(C(=O)OC(C)(C)C)CCN1CCOc1ccc(C(=O)O)cc1F. The van der Waals surface area contributed by atoms with E-state index >= 15 is 0 Å². The number of rotatable bonds is 5. The normalized spacial score (nSPS) is 18.3. The second-order valence-corrected chi connectivity index (χ2v) is 7.61. The molecule has 27 heavy (non-hydrogen) atoms. The van der Waals surface area contributed by atoms with Crippen molar-refractivity contribution in [2.24, 2.45) is 0 Å². The summed E-state index contributed by atoms with van der Waals surface area (Å²) in [5.74, 6) is -1.85. The van der Waals surface area contributed by atoms with Gasteiger partial charge in [0.2, 0.25) is 0 Å². The van der Waals surface area contributed by atoms with E-state index in [1.54, 1.807) is 4.90 Å². The molecule has 1 atom stereocenters. The van der Waals surface area contributed by atoms with Crippen LogP contribution in [0.4, 0.5) is 9.18 Å². The first-order valence-electron chi connectivity index (χ1n) is 8.94. The minimum atomic E-state index is -1.18. The van der Waals surface area contributed by atoms with E-state index < -0.39 is 17.4 Å². The summed E-state index contributed by atoms with van der Waals surface area (Å²) in [6.45, 7) is 10.1. The van der Waals surface area contributed by atoms with Crippen molar-refractivity contribution in [3.63, 3.8) is 0 Å². The number of hydrogen-bond donors (Lipinski definition) is 1. The van der Waals surface area contributed by atoms with Gasteiger partial charge in [0.15, 0.2) is 11.6 Å². The average molecular weight is 382 g/mol. The lowest BCUT2D eigenvalue weighted by atomic mass is 10.2. The Morgan fingerprint density at radius 1 is 1.30 bits per heavy atom. The predicted molar refractivity (Wildman–Crippen MR) is 97.7 cm³/mol. The van der Waals surface area contributed by atoms with Crippen LogP contribution in [0.2, 0.25) is 0 Å². The first kappa shape index (κ1) is 21.0. The number of carboxylic acids is 1. The summed E-state index contributed by atoms with van der Waals surface area (Å²) in [6.07, 6.45) is -0.314. The van der Waals surface area contributed by atoms with E-state index in [0.29, 0.717) is 26.2 Å². The molecule has 0 bridgehead atoms. The number of hydrogen-bond acceptors (Lipinski definition) is 5. The molecule has 8 heteroatoms. The topological polar surface area (TPSA) is 79.3 Å². The summed E-state index contributed by atoms with van der Waals surface area (Å²) in [5.41, 5.74) is -0.641. The van der Waals surface area contributed by atoms with Gasteiger partial charge in [0.05, 0.1) is 5.56 Å². The van der Waals surface area contributed by atoms with Gasteiger partial charge in [0.25, 0.3) is 0 Å². The Labute approximate surface area is 158 Å².